The lowest BCUT2D eigenvalue weighted by molar-refractivity contribution is -0.0499. The molecule has 5 heteroatoms. The van der Waals surface area contributed by atoms with Crippen LogP contribution in [-0.2, 0) is 11.3 Å². The van der Waals surface area contributed by atoms with Gasteiger partial charge in [-0.3, -0.25) is 4.90 Å². The van der Waals surface area contributed by atoms with Crippen LogP contribution in [0.3, 0.4) is 0 Å². The van der Waals surface area contributed by atoms with Crippen LogP contribution in [0.25, 0.3) is 0 Å². The van der Waals surface area contributed by atoms with Crippen molar-refractivity contribution in [2.45, 2.75) is 25.6 Å². The Bertz CT molecular complexity index is 663. The third kappa shape index (κ3) is 3.07. The second kappa shape index (κ2) is 6.26. The van der Waals surface area contributed by atoms with E-state index in [-0.39, 0.29) is 6.10 Å². The first kappa shape index (κ1) is 14.6. The fourth-order valence-corrected chi connectivity index (χ4v) is 3.57. The summed E-state index contributed by atoms with van der Waals surface area (Å²) in [5.74, 6) is 1.01. The summed E-state index contributed by atoms with van der Waals surface area (Å²) >= 11 is 0. The fraction of sp³-hybridized carbons (Fsp3) is 0.444. The van der Waals surface area contributed by atoms with E-state index < -0.39 is 0 Å². The van der Waals surface area contributed by atoms with Gasteiger partial charge in [0.25, 0.3) is 0 Å². The molecule has 5 nitrogen and oxygen atoms in total. The minimum Gasteiger partial charge on any atom is -0.373 e. The number of benzene rings is 1. The maximum absolute atomic E-state index is 6.03. The van der Waals surface area contributed by atoms with Gasteiger partial charge in [0, 0.05) is 37.9 Å². The molecule has 2 aliphatic heterocycles. The normalized spacial score (nSPS) is 24.7. The second-order valence-electron chi connectivity index (χ2n) is 6.36. The lowest BCUT2D eigenvalue weighted by Gasteiger charge is -2.36. The van der Waals surface area contributed by atoms with Gasteiger partial charge in [-0.05, 0) is 12.5 Å². The van der Waals surface area contributed by atoms with Crippen LogP contribution >= 0.6 is 0 Å². The molecule has 4 rings (SSSR count). The molecule has 2 fully saturated rings. The van der Waals surface area contributed by atoms with Crippen LogP contribution < -0.4 is 4.90 Å². The molecule has 2 aromatic rings. The number of hydrogen-bond donors (Lipinski definition) is 0. The van der Waals surface area contributed by atoms with Gasteiger partial charge in [0.15, 0.2) is 0 Å². The molecule has 3 heterocycles. The molecular formula is C18H22N4O. The summed E-state index contributed by atoms with van der Waals surface area (Å²) in [6.07, 6.45) is 1.91. The summed E-state index contributed by atoms with van der Waals surface area (Å²) in [7, 11) is 0. The van der Waals surface area contributed by atoms with Crippen molar-refractivity contribution in [1.82, 2.24) is 14.9 Å². The van der Waals surface area contributed by atoms with E-state index in [1.807, 2.05) is 6.92 Å². The zero-order valence-corrected chi connectivity index (χ0v) is 13.4. The number of anilines is 1. The third-order valence-corrected chi connectivity index (χ3v) is 4.76. The first-order valence-electron chi connectivity index (χ1n) is 8.23. The van der Waals surface area contributed by atoms with Crippen LogP contribution in [0.1, 0.15) is 11.3 Å². The van der Waals surface area contributed by atoms with Gasteiger partial charge in [-0.25, -0.2) is 9.97 Å². The molecule has 0 saturated carbocycles. The van der Waals surface area contributed by atoms with Crippen molar-refractivity contribution in [3.05, 3.63) is 54.0 Å². The Morgan fingerprint density at radius 3 is 2.87 bits per heavy atom. The van der Waals surface area contributed by atoms with Crippen molar-refractivity contribution in [1.29, 1.82) is 0 Å². The topological polar surface area (TPSA) is 41.5 Å². The van der Waals surface area contributed by atoms with Crippen LogP contribution in [0.4, 0.5) is 5.82 Å². The molecule has 2 aliphatic rings. The number of ether oxygens (including phenoxy) is 1. The van der Waals surface area contributed by atoms with E-state index in [9.17, 15) is 0 Å². The quantitative estimate of drug-likeness (QED) is 0.866. The number of aromatic nitrogens is 2. The molecule has 0 N–H and O–H groups in total. The molecule has 2 atom stereocenters. The number of fused-ring (bicyclic) bond motifs is 1. The van der Waals surface area contributed by atoms with Crippen molar-refractivity contribution < 1.29 is 4.74 Å². The van der Waals surface area contributed by atoms with Crippen molar-refractivity contribution in [2.75, 3.05) is 31.1 Å². The summed E-state index contributed by atoms with van der Waals surface area (Å²) in [4.78, 5) is 13.5. The van der Waals surface area contributed by atoms with Crippen molar-refractivity contribution in [3.8, 4) is 0 Å². The number of morpholine rings is 1. The molecule has 1 aromatic heterocycles. The smallest absolute Gasteiger partial charge is 0.132 e. The van der Waals surface area contributed by atoms with E-state index in [0.29, 0.717) is 6.04 Å². The number of rotatable bonds is 3. The highest BCUT2D eigenvalue weighted by Gasteiger charge is 2.40. The largest absolute Gasteiger partial charge is 0.373 e. The van der Waals surface area contributed by atoms with E-state index in [1.54, 1.807) is 6.33 Å². The Labute approximate surface area is 136 Å². The predicted octanol–water partition coefficient (Wildman–Crippen LogP) is 1.87. The first-order valence-corrected chi connectivity index (χ1v) is 8.23. The fourth-order valence-electron chi connectivity index (χ4n) is 3.57. The van der Waals surface area contributed by atoms with Crippen molar-refractivity contribution in [3.63, 3.8) is 0 Å². The van der Waals surface area contributed by atoms with Crippen LogP contribution in [0, 0.1) is 6.92 Å². The molecule has 0 unspecified atom stereocenters. The molecule has 0 radical (unpaired) electrons. The Morgan fingerprint density at radius 1 is 1.17 bits per heavy atom. The average molecular weight is 310 g/mol. The van der Waals surface area contributed by atoms with Gasteiger partial charge < -0.3 is 9.64 Å². The van der Waals surface area contributed by atoms with Crippen molar-refractivity contribution in [2.24, 2.45) is 0 Å². The zero-order valence-electron chi connectivity index (χ0n) is 13.4. The lowest BCUT2D eigenvalue weighted by atomic mass is 10.1. The summed E-state index contributed by atoms with van der Waals surface area (Å²) in [5, 5.41) is 0. The molecule has 2 saturated heterocycles. The van der Waals surface area contributed by atoms with Gasteiger partial charge in [-0.2, -0.15) is 0 Å². The van der Waals surface area contributed by atoms with Crippen LogP contribution in [-0.4, -0.2) is 53.3 Å². The summed E-state index contributed by atoms with van der Waals surface area (Å²) in [5.41, 5.74) is 2.37. The molecule has 0 amide bonds. The van der Waals surface area contributed by atoms with E-state index in [1.165, 1.54) is 5.56 Å². The average Bonchev–Trinajstić information content (AvgIpc) is 3.01. The number of nitrogens with zero attached hydrogens (tertiary/aromatic N) is 4. The van der Waals surface area contributed by atoms with Crippen LogP contribution in [0.5, 0.6) is 0 Å². The minimum atomic E-state index is 0.266. The van der Waals surface area contributed by atoms with Crippen LogP contribution in [0.2, 0.25) is 0 Å². The predicted molar refractivity (Wildman–Crippen MR) is 89.4 cm³/mol. The maximum atomic E-state index is 6.03. The minimum absolute atomic E-state index is 0.266. The van der Waals surface area contributed by atoms with Gasteiger partial charge in [0.05, 0.1) is 18.8 Å². The third-order valence-electron chi connectivity index (χ3n) is 4.76. The highest BCUT2D eigenvalue weighted by Crippen LogP contribution is 2.27. The van der Waals surface area contributed by atoms with E-state index in [2.05, 4.69) is 56.2 Å². The molecule has 120 valence electrons. The maximum Gasteiger partial charge on any atom is 0.132 e. The van der Waals surface area contributed by atoms with Gasteiger partial charge in [0.2, 0.25) is 0 Å². The molecule has 23 heavy (non-hydrogen) atoms. The van der Waals surface area contributed by atoms with E-state index in [0.717, 1.165) is 44.3 Å². The summed E-state index contributed by atoms with van der Waals surface area (Å²) in [6.45, 7) is 6.67. The molecule has 0 spiro atoms. The Balaban J connectivity index is 1.50. The van der Waals surface area contributed by atoms with Gasteiger partial charge >= 0.3 is 0 Å². The SMILES string of the molecule is Cc1cc(N2C[C@H]3OCCN(Cc4ccccc4)[C@H]3C2)ncn1. The summed E-state index contributed by atoms with van der Waals surface area (Å²) in [6, 6.07) is 13.2. The standard InChI is InChI=1S/C18H22N4O/c1-14-9-18(20-13-19-14)22-11-16-17(12-22)23-8-7-21(16)10-15-5-3-2-4-6-15/h2-6,9,13,16-17H,7-8,10-12H2,1H3/t16-,17+/m0/s1. The molecule has 1 aromatic carbocycles. The van der Waals surface area contributed by atoms with Crippen LogP contribution in [0.15, 0.2) is 42.7 Å². The highest BCUT2D eigenvalue weighted by molar-refractivity contribution is 5.41. The lowest BCUT2D eigenvalue weighted by Crippen LogP contribution is -2.50. The summed E-state index contributed by atoms with van der Waals surface area (Å²) < 4.78 is 6.03. The Hall–Kier alpha value is -1.98. The number of aryl methyl sites for hydroxylation is 1. The van der Waals surface area contributed by atoms with E-state index in [4.69, 9.17) is 4.74 Å². The Kier molecular flexibility index (Phi) is 3.97. The molecular weight excluding hydrogens is 288 g/mol. The molecule has 0 bridgehead atoms. The van der Waals surface area contributed by atoms with E-state index >= 15 is 0 Å². The number of hydrogen-bond acceptors (Lipinski definition) is 5. The second-order valence-corrected chi connectivity index (χ2v) is 6.36. The first-order chi connectivity index (χ1) is 11.3. The van der Waals surface area contributed by atoms with Gasteiger partial charge in [-0.1, -0.05) is 30.3 Å². The highest BCUT2D eigenvalue weighted by atomic mass is 16.5. The zero-order chi connectivity index (χ0) is 15.6. The Morgan fingerprint density at radius 2 is 2.04 bits per heavy atom. The monoisotopic (exact) mass is 310 g/mol. The van der Waals surface area contributed by atoms with Gasteiger partial charge in [0.1, 0.15) is 12.1 Å². The van der Waals surface area contributed by atoms with Crippen molar-refractivity contribution >= 4 is 5.82 Å². The van der Waals surface area contributed by atoms with Gasteiger partial charge in [-0.15, -0.1) is 0 Å². The molecule has 0 aliphatic carbocycles.